The summed E-state index contributed by atoms with van der Waals surface area (Å²) in [4.78, 5) is 36.4. The first-order chi connectivity index (χ1) is 17.4. The first-order valence-electron chi connectivity index (χ1n) is 10.8. The lowest BCUT2D eigenvalue weighted by Crippen LogP contribution is -2.47. The van der Waals surface area contributed by atoms with Crippen LogP contribution in [0.4, 0.5) is 23.2 Å². The molecule has 2 aromatic rings. The molecule has 0 atom stereocenters. The molecule has 0 saturated carbocycles. The predicted molar refractivity (Wildman–Crippen MR) is 130 cm³/mol. The van der Waals surface area contributed by atoms with Gasteiger partial charge in [-0.05, 0) is 43.1 Å². The van der Waals surface area contributed by atoms with Crippen molar-refractivity contribution in [2.75, 3.05) is 45.1 Å². The van der Waals surface area contributed by atoms with Crippen LogP contribution in [0.2, 0.25) is 0 Å². The first-order valence-corrected chi connectivity index (χ1v) is 11.6. The van der Waals surface area contributed by atoms with Gasteiger partial charge in [-0.25, -0.2) is 4.39 Å². The average Bonchev–Trinajstić information content (AvgIpc) is 2.81. The second kappa shape index (κ2) is 12.1. The number of aromatic nitrogens is 1. The Bertz CT molecular complexity index is 1200. The molecule has 2 amide bonds. The van der Waals surface area contributed by atoms with Gasteiger partial charge in [-0.3, -0.25) is 24.9 Å². The van der Waals surface area contributed by atoms with Crippen molar-refractivity contribution in [3.63, 3.8) is 0 Å². The van der Waals surface area contributed by atoms with Crippen molar-refractivity contribution in [1.29, 1.82) is 5.41 Å². The number of likely N-dealkylation sites (N-methyl/N-ethyl adjacent to an activating group) is 1. The Morgan fingerprint density at radius 2 is 1.95 bits per heavy atom. The second-order valence-electron chi connectivity index (χ2n) is 7.93. The van der Waals surface area contributed by atoms with E-state index in [1.165, 1.54) is 6.20 Å². The van der Waals surface area contributed by atoms with Gasteiger partial charge >= 0.3 is 6.36 Å². The van der Waals surface area contributed by atoms with E-state index in [4.69, 9.17) is 11.1 Å². The lowest BCUT2D eigenvalue weighted by atomic mass is 10.1. The number of alkyl halides is 3. The molecule has 37 heavy (non-hydrogen) atoms. The number of nitrogens with one attached hydrogen (secondary N) is 2. The summed E-state index contributed by atoms with van der Waals surface area (Å²) in [6.45, 7) is 2.63. The number of rotatable bonds is 6. The molecule has 0 bridgehead atoms. The number of hydrogen-bond acceptors (Lipinski definition) is 8. The van der Waals surface area contributed by atoms with Crippen molar-refractivity contribution < 1.29 is 31.9 Å². The third-order valence-corrected chi connectivity index (χ3v) is 5.84. The van der Waals surface area contributed by atoms with Crippen LogP contribution < -0.4 is 15.8 Å². The van der Waals surface area contributed by atoms with Crippen molar-refractivity contribution in [3.8, 4) is 5.75 Å². The number of halogens is 4. The number of carbonyl (C=O) groups excluding carboxylic acids is 2. The van der Waals surface area contributed by atoms with E-state index >= 15 is 0 Å². The molecular weight excluding hydrogens is 518 g/mol. The molecule has 1 saturated heterocycles. The van der Waals surface area contributed by atoms with E-state index in [0.717, 1.165) is 43.6 Å². The molecule has 10 nitrogen and oxygen atoms in total. The highest BCUT2D eigenvalue weighted by Gasteiger charge is 2.32. The lowest BCUT2D eigenvalue weighted by molar-refractivity contribution is -0.274. The smallest absolute Gasteiger partial charge is 0.404 e. The number of anilines is 1. The van der Waals surface area contributed by atoms with Crippen molar-refractivity contribution in [3.05, 3.63) is 53.6 Å². The number of amidine groups is 1. The SMILES string of the molecule is CN1CCN(CC(=O)Nc2cc(C(=O)N=C(N)SC(=N)c3cnccc3F)ccc2OC(F)(F)F)CC1. The van der Waals surface area contributed by atoms with Crippen LogP contribution in [0.15, 0.2) is 41.7 Å². The van der Waals surface area contributed by atoms with Crippen molar-refractivity contribution in [1.82, 2.24) is 14.8 Å². The van der Waals surface area contributed by atoms with E-state index in [9.17, 15) is 27.2 Å². The molecule has 0 radical (unpaired) electrons. The summed E-state index contributed by atoms with van der Waals surface area (Å²) in [7, 11) is 1.94. The number of amides is 2. The Morgan fingerprint density at radius 3 is 2.59 bits per heavy atom. The lowest BCUT2D eigenvalue weighted by Gasteiger charge is -2.31. The molecule has 1 aromatic carbocycles. The maximum atomic E-state index is 13.8. The van der Waals surface area contributed by atoms with Gasteiger partial charge in [-0.2, -0.15) is 4.99 Å². The second-order valence-corrected chi connectivity index (χ2v) is 8.96. The van der Waals surface area contributed by atoms with E-state index < -0.39 is 34.9 Å². The minimum Gasteiger partial charge on any atom is -0.404 e. The summed E-state index contributed by atoms with van der Waals surface area (Å²) in [6.07, 6.45) is -2.73. The van der Waals surface area contributed by atoms with Gasteiger partial charge < -0.3 is 20.7 Å². The number of nitrogens with two attached hydrogens (primary N) is 1. The molecule has 1 aliphatic heterocycles. The molecule has 4 N–H and O–H groups in total. The third kappa shape index (κ3) is 8.51. The zero-order chi connectivity index (χ0) is 27.2. The molecule has 15 heteroatoms. The topological polar surface area (TPSA) is 137 Å². The minimum atomic E-state index is -5.04. The highest BCUT2D eigenvalue weighted by atomic mass is 32.2. The Hall–Kier alpha value is -3.56. The molecule has 1 aliphatic rings. The molecule has 3 rings (SSSR count). The van der Waals surface area contributed by atoms with Crippen LogP contribution >= 0.6 is 11.8 Å². The van der Waals surface area contributed by atoms with Crippen LogP contribution in [0, 0.1) is 11.2 Å². The zero-order valence-electron chi connectivity index (χ0n) is 19.5. The van der Waals surface area contributed by atoms with Gasteiger partial charge in [0.15, 0.2) is 10.9 Å². The van der Waals surface area contributed by atoms with Crippen molar-refractivity contribution in [2.45, 2.75) is 6.36 Å². The summed E-state index contributed by atoms with van der Waals surface area (Å²) in [5, 5.41) is 9.52. The van der Waals surface area contributed by atoms with Gasteiger partial charge in [-0.15, -0.1) is 13.2 Å². The Morgan fingerprint density at radius 1 is 1.24 bits per heavy atom. The molecule has 2 heterocycles. The van der Waals surface area contributed by atoms with E-state index in [0.29, 0.717) is 24.9 Å². The maximum Gasteiger partial charge on any atom is 0.573 e. The van der Waals surface area contributed by atoms with E-state index in [1.54, 1.807) is 0 Å². The van der Waals surface area contributed by atoms with Gasteiger partial charge in [0.2, 0.25) is 5.91 Å². The number of piperazine rings is 1. The number of pyridine rings is 1. The van der Waals surface area contributed by atoms with Gasteiger partial charge in [0.25, 0.3) is 5.91 Å². The summed E-state index contributed by atoms with van der Waals surface area (Å²) in [5.74, 6) is -2.98. The molecule has 0 spiro atoms. The van der Waals surface area contributed by atoms with E-state index in [2.05, 4.69) is 24.9 Å². The minimum absolute atomic E-state index is 0.0633. The molecule has 1 fully saturated rings. The Balaban J connectivity index is 1.75. The fourth-order valence-corrected chi connectivity index (χ4v) is 3.86. The number of ether oxygens (including phenoxy) is 1. The number of thioether (sulfide) groups is 1. The highest BCUT2D eigenvalue weighted by molar-refractivity contribution is 8.26. The summed E-state index contributed by atoms with van der Waals surface area (Å²) in [5.41, 5.74) is 4.96. The predicted octanol–water partition coefficient (Wildman–Crippen LogP) is 2.52. The van der Waals surface area contributed by atoms with Crippen LogP contribution in [0.3, 0.4) is 0 Å². The zero-order valence-corrected chi connectivity index (χ0v) is 20.3. The Labute approximate surface area is 213 Å². The average molecular weight is 542 g/mol. The maximum absolute atomic E-state index is 13.8. The van der Waals surface area contributed by atoms with Gasteiger partial charge in [0.1, 0.15) is 10.9 Å². The van der Waals surface area contributed by atoms with Gasteiger partial charge in [-0.1, -0.05) is 0 Å². The van der Waals surface area contributed by atoms with E-state index in [-0.39, 0.29) is 28.4 Å². The normalized spacial score (nSPS) is 15.3. The van der Waals surface area contributed by atoms with Gasteiger partial charge in [0.05, 0.1) is 17.8 Å². The van der Waals surface area contributed by atoms with Crippen LogP contribution in [0.1, 0.15) is 15.9 Å². The van der Waals surface area contributed by atoms with Crippen molar-refractivity contribution in [2.24, 2.45) is 10.7 Å². The fourth-order valence-electron chi connectivity index (χ4n) is 3.26. The van der Waals surface area contributed by atoms with Crippen LogP contribution in [-0.4, -0.2) is 82.9 Å². The fraction of sp³-hybridized carbons (Fsp3) is 0.318. The quantitative estimate of drug-likeness (QED) is 0.288. The standard InChI is InChI=1S/C22H23F4N7O3S/c1-32-6-8-33(9-7-32)12-18(34)30-16-10-13(2-3-17(16)36-22(24,25)26)20(35)31-21(28)37-19(27)14-11-29-5-4-15(14)23/h2-5,10-11,27H,6-9,12H2,1H3,(H,30,34)(H2,28,31,35). The number of nitrogens with zero attached hydrogens (tertiary/aromatic N) is 4. The van der Waals surface area contributed by atoms with Crippen LogP contribution in [0.25, 0.3) is 0 Å². The van der Waals surface area contributed by atoms with E-state index in [1.807, 2.05) is 11.9 Å². The monoisotopic (exact) mass is 541 g/mol. The molecule has 0 aliphatic carbocycles. The van der Waals surface area contributed by atoms with Crippen LogP contribution in [0.5, 0.6) is 5.75 Å². The van der Waals surface area contributed by atoms with Crippen LogP contribution in [-0.2, 0) is 4.79 Å². The number of benzene rings is 1. The molecular formula is C22H23F4N7O3S. The van der Waals surface area contributed by atoms with Crippen molar-refractivity contribution >= 4 is 39.5 Å². The summed E-state index contributed by atoms with van der Waals surface area (Å²) >= 11 is 0.493. The van der Waals surface area contributed by atoms with Gasteiger partial charge in [0, 0.05) is 44.1 Å². The number of aliphatic imine (C=N–C) groups is 1. The highest BCUT2D eigenvalue weighted by Crippen LogP contribution is 2.31. The molecule has 198 valence electrons. The summed E-state index contributed by atoms with van der Waals surface area (Å²) < 4.78 is 56.4. The molecule has 0 unspecified atom stereocenters. The number of carbonyl (C=O) groups is 2. The third-order valence-electron chi connectivity index (χ3n) is 5.12. The number of hydrogen-bond donors (Lipinski definition) is 3. The summed E-state index contributed by atoms with van der Waals surface area (Å²) in [6, 6.07) is 3.93. The largest absolute Gasteiger partial charge is 0.573 e. The first kappa shape index (κ1) is 28.0. The Kier molecular flexibility index (Phi) is 9.18. The molecule has 1 aromatic heterocycles.